The van der Waals surface area contributed by atoms with E-state index in [4.69, 9.17) is 0 Å². The molecule has 0 radical (unpaired) electrons. The van der Waals surface area contributed by atoms with Crippen LogP contribution in [0.15, 0.2) is 54.6 Å². The van der Waals surface area contributed by atoms with Crippen molar-refractivity contribution in [3.8, 4) is 0 Å². The third-order valence-electron chi connectivity index (χ3n) is 4.44. The van der Waals surface area contributed by atoms with Crippen LogP contribution in [0.2, 0.25) is 0 Å². The molecule has 4 nitrogen and oxygen atoms in total. The summed E-state index contributed by atoms with van der Waals surface area (Å²) < 4.78 is 0.978. The lowest BCUT2D eigenvalue weighted by molar-refractivity contribution is -0.116. The molecule has 0 saturated carbocycles. The maximum atomic E-state index is 12.1. The summed E-state index contributed by atoms with van der Waals surface area (Å²) in [5.41, 5.74) is 4.38. The van der Waals surface area contributed by atoms with Crippen LogP contribution in [-0.4, -0.2) is 41.5 Å². The van der Waals surface area contributed by atoms with Gasteiger partial charge in [-0.3, -0.25) is 9.69 Å². The van der Waals surface area contributed by atoms with E-state index in [0.29, 0.717) is 13.0 Å². The molecule has 0 saturated heterocycles. The highest BCUT2D eigenvalue weighted by Crippen LogP contribution is 2.16. The van der Waals surface area contributed by atoms with E-state index < -0.39 is 0 Å². The second kappa shape index (κ2) is 12.7. The highest BCUT2D eigenvalue weighted by molar-refractivity contribution is 14.1. The monoisotopic (exact) mass is 491 g/mol. The predicted octanol–water partition coefficient (Wildman–Crippen LogP) is 4.63. The number of alkyl halides is 1. The molecule has 0 bridgehead atoms. The van der Waals surface area contributed by atoms with Crippen LogP contribution in [0, 0.1) is 13.8 Å². The molecule has 0 atom stereocenters. The fourth-order valence-electron chi connectivity index (χ4n) is 2.75. The lowest BCUT2D eigenvalue weighted by atomic mass is 10.1. The summed E-state index contributed by atoms with van der Waals surface area (Å²) in [6.45, 7) is 7.49. The van der Waals surface area contributed by atoms with Gasteiger partial charge in [0.1, 0.15) is 0 Å². The molecule has 0 aliphatic carbocycles. The minimum Gasteiger partial charge on any atom is -0.326 e. The van der Waals surface area contributed by atoms with Gasteiger partial charge in [-0.1, -0.05) is 77.2 Å². The average Bonchev–Trinajstić information content (AvgIpc) is 2.70. The van der Waals surface area contributed by atoms with Gasteiger partial charge in [0.25, 0.3) is 0 Å². The zero-order chi connectivity index (χ0) is 20.2. The van der Waals surface area contributed by atoms with Crippen molar-refractivity contribution in [2.24, 2.45) is 0 Å². The van der Waals surface area contributed by atoms with Crippen LogP contribution in [0.3, 0.4) is 0 Å². The summed E-state index contributed by atoms with van der Waals surface area (Å²) in [6, 6.07) is 16.5. The second-order valence-corrected chi connectivity index (χ2v) is 7.56. The first-order chi connectivity index (χ1) is 13.6. The summed E-state index contributed by atoms with van der Waals surface area (Å²) in [5.74, 6) is 0.0535. The van der Waals surface area contributed by atoms with Crippen molar-refractivity contribution >= 4 is 40.3 Å². The van der Waals surface area contributed by atoms with Gasteiger partial charge in [-0.2, -0.15) is 0 Å². The molecule has 2 N–H and O–H groups in total. The first-order valence-corrected chi connectivity index (χ1v) is 11.2. The van der Waals surface area contributed by atoms with E-state index in [1.807, 2.05) is 32.0 Å². The van der Waals surface area contributed by atoms with Crippen LogP contribution >= 0.6 is 22.6 Å². The minimum absolute atomic E-state index is 0.0535. The van der Waals surface area contributed by atoms with Crippen LogP contribution in [0.25, 0.3) is 6.08 Å². The van der Waals surface area contributed by atoms with Crippen molar-refractivity contribution in [1.82, 2.24) is 10.2 Å². The number of rotatable bonds is 11. The summed E-state index contributed by atoms with van der Waals surface area (Å²) in [5, 5.41) is 6.38. The highest BCUT2D eigenvalue weighted by Gasteiger charge is 2.05. The number of anilines is 1. The molecule has 0 unspecified atom stereocenters. The molecule has 0 fully saturated rings. The summed E-state index contributed by atoms with van der Waals surface area (Å²) in [7, 11) is 0. The van der Waals surface area contributed by atoms with Gasteiger partial charge in [0.2, 0.25) is 5.91 Å². The largest absolute Gasteiger partial charge is 0.326 e. The summed E-state index contributed by atoms with van der Waals surface area (Å²) in [6.07, 6.45) is 4.83. The number of benzene rings is 2. The van der Waals surface area contributed by atoms with E-state index in [0.717, 1.165) is 41.0 Å². The molecule has 1 amide bonds. The lowest BCUT2D eigenvalue weighted by Gasteiger charge is -2.17. The van der Waals surface area contributed by atoms with Crippen molar-refractivity contribution in [3.63, 3.8) is 0 Å². The number of hydrogen-bond acceptors (Lipinski definition) is 3. The van der Waals surface area contributed by atoms with E-state index in [-0.39, 0.29) is 5.91 Å². The molecule has 0 aromatic heterocycles. The zero-order valence-corrected chi connectivity index (χ0v) is 18.9. The molecule has 2 aromatic rings. The van der Waals surface area contributed by atoms with Crippen LogP contribution < -0.4 is 10.6 Å². The first-order valence-electron chi connectivity index (χ1n) is 9.66. The van der Waals surface area contributed by atoms with E-state index in [1.54, 1.807) is 0 Å². The fourth-order valence-corrected chi connectivity index (χ4v) is 3.37. The van der Waals surface area contributed by atoms with Gasteiger partial charge in [0.15, 0.2) is 0 Å². The second-order valence-electron chi connectivity index (χ2n) is 6.88. The number of amides is 1. The predicted molar refractivity (Wildman–Crippen MR) is 128 cm³/mol. The average molecular weight is 491 g/mol. The van der Waals surface area contributed by atoms with Gasteiger partial charge in [-0.25, -0.2) is 0 Å². The Bertz CT molecular complexity index is 762. The first kappa shape index (κ1) is 22.6. The number of halogens is 1. The van der Waals surface area contributed by atoms with Gasteiger partial charge >= 0.3 is 0 Å². The third-order valence-corrected chi connectivity index (χ3v) is 5.41. The SMILES string of the molecule is Cc1ccc(C)c(NC(=O)CCNCCN(CI)C/C=C/c2ccccc2)c1. The number of nitrogens with one attached hydrogen (secondary N) is 2. The Kier molecular flexibility index (Phi) is 10.2. The van der Waals surface area contributed by atoms with Crippen LogP contribution in [0.1, 0.15) is 23.1 Å². The molecule has 2 rings (SSSR count). The van der Waals surface area contributed by atoms with Gasteiger partial charge in [-0.15, -0.1) is 0 Å². The van der Waals surface area contributed by atoms with Gasteiger partial charge in [0.05, 0.1) is 4.55 Å². The number of carbonyl (C=O) groups is 1. The van der Waals surface area contributed by atoms with Crippen molar-refractivity contribution in [2.75, 3.05) is 36.0 Å². The smallest absolute Gasteiger partial charge is 0.225 e. The van der Waals surface area contributed by atoms with Crippen LogP contribution in [0.5, 0.6) is 0 Å². The zero-order valence-electron chi connectivity index (χ0n) is 16.7. The minimum atomic E-state index is 0.0535. The highest BCUT2D eigenvalue weighted by atomic mass is 127. The normalized spacial score (nSPS) is 11.3. The molecule has 2 aromatic carbocycles. The molecule has 0 spiro atoms. The Morgan fingerprint density at radius 1 is 1.11 bits per heavy atom. The third kappa shape index (κ3) is 8.54. The maximum absolute atomic E-state index is 12.1. The standard InChI is InChI=1S/C23H30IN3O/c1-19-10-11-20(2)22(17-19)26-23(28)12-13-25-14-16-27(18-24)15-6-9-21-7-4-3-5-8-21/h3-11,17,25H,12-16,18H2,1-2H3,(H,26,28)/b9-6+. The summed E-state index contributed by atoms with van der Waals surface area (Å²) in [4.78, 5) is 14.5. The summed E-state index contributed by atoms with van der Waals surface area (Å²) >= 11 is 2.39. The molecule has 5 heteroatoms. The molecule has 150 valence electrons. The fraction of sp³-hybridized carbons (Fsp3) is 0.348. The van der Waals surface area contributed by atoms with Crippen LogP contribution in [-0.2, 0) is 4.79 Å². The van der Waals surface area contributed by atoms with E-state index >= 15 is 0 Å². The van der Waals surface area contributed by atoms with Crippen molar-refractivity contribution in [2.45, 2.75) is 20.3 Å². The topological polar surface area (TPSA) is 44.4 Å². The molecule has 28 heavy (non-hydrogen) atoms. The Hall–Kier alpha value is -1.70. The van der Waals surface area contributed by atoms with Crippen LogP contribution in [0.4, 0.5) is 5.69 Å². The Morgan fingerprint density at radius 3 is 2.64 bits per heavy atom. The Morgan fingerprint density at radius 2 is 1.89 bits per heavy atom. The quantitative estimate of drug-likeness (QED) is 0.209. The van der Waals surface area contributed by atoms with E-state index in [1.165, 1.54) is 5.56 Å². The van der Waals surface area contributed by atoms with Crippen molar-refractivity contribution in [3.05, 3.63) is 71.3 Å². The molecular weight excluding hydrogens is 461 g/mol. The Balaban J connectivity index is 1.62. The molecular formula is C23H30IN3O. The van der Waals surface area contributed by atoms with Gasteiger partial charge < -0.3 is 10.6 Å². The number of carbonyl (C=O) groups excluding carboxylic acids is 1. The van der Waals surface area contributed by atoms with E-state index in [9.17, 15) is 4.79 Å². The van der Waals surface area contributed by atoms with Crippen molar-refractivity contribution in [1.29, 1.82) is 0 Å². The number of nitrogens with zero attached hydrogens (tertiary/aromatic N) is 1. The van der Waals surface area contributed by atoms with Gasteiger partial charge in [0, 0.05) is 38.3 Å². The van der Waals surface area contributed by atoms with Crippen molar-refractivity contribution < 1.29 is 4.79 Å². The van der Waals surface area contributed by atoms with Gasteiger partial charge in [-0.05, 0) is 36.6 Å². The lowest BCUT2D eigenvalue weighted by Crippen LogP contribution is -2.32. The van der Waals surface area contributed by atoms with E-state index in [2.05, 4.69) is 80.6 Å². The number of aryl methyl sites for hydroxylation is 2. The number of hydrogen-bond donors (Lipinski definition) is 2. The molecule has 0 aliphatic rings. The molecule has 0 heterocycles. The maximum Gasteiger partial charge on any atom is 0.225 e. The molecule has 0 aliphatic heterocycles. The Labute approximate surface area is 182 Å².